The van der Waals surface area contributed by atoms with E-state index in [9.17, 15) is 9.18 Å². The number of benzene rings is 2. The molecule has 0 aliphatic heterocycles. The Morgan fingerprint density at radius 2 is 1.90 bits per heavy atom. The van der Waals surface area contributed by atoms with Crippen molar-refractivity contribution in [2.45, 2.75) is 40.3 Å². The van der Waals surface area contributed by atoms with Gasteiger partial charge in [0.15, 0.2) is 0 Å². The number of rotatable bonds is 8. The largest absolute Gasteiger partial charge is 0.489 e. The molecule has 0 radical (unpaired) electrons. The van der Waals surface area contributed by atoms with Gasteiger partial charge in [-0.25, -0.2) is 4.39 Å². The van der Waals surface area contributed by atoms with E-state index in [1.54, 1.807) is 11.0 Å². The number of nitrogens with zero attached hydrogens (tertiary/aromatic N) is 2. The van der Waals surface area contributed by atoms with E-state index < -0.39 is 0 Å². The van der Waals surface area contributed by atoms with Crippen molar-refractivity contribution in [2.75, 3.05) is 6.54 Å². The highest BCUT2D eigenvalue weighted by Crippen LogP contribution is 2.18. The fourth-order valence-corrected chi connectivity index (χ4v) is 3.09. The molecule has 0 saturated carbocycles. The first-order chi connectivity index (χ1) is 14.0. The molecule has 152 valence electrons. The quantitative estimate of drug-likeness (QED) is 0.558. The molecule has 6 heteroatoms. The highest BCUT2D eigenvalue weighted by Gasteiger charge is 2.14. The molecule has 29 heavy (non-hydrogen) atoms. The number of carbonyl (C=O) groups is 1. The topological polar surface area (TPSA) is 55.6 Å². The molecule has 3 rings (SSSR count). The lowest BCUT2D eigenvalue weighted by Gasteiger charge is -2.21. The summed E-state index contributed by atoms with van der Waals surface area (Å²) in [4.78, 5) is 14.4. The van der Waals surface area contributed by atoms with E-state index in [2.05, 4.69) is 5.16 Å². The zero-order valence-corrected chi connectivity index (χ0v) is 16.9. The van der Waals surface area contributed by atoms with E-state index in [1.165, 1.54) is 12.1 Å². The van der Waals surface area contributed by atoms with Crippen LogP contribution in [0, 0.1) is 19.7 Å². The summed E-state index contributed by atoms with van der Waals surface area (Å²) < 4.78 is 24.3. The molecule has 0 bridgehead atoms. The summed E-state index contributed by atoms with van der Waals surface area (Å²) in [5, 5.41) is 3.92. The maximum atomic E-state index is 13.4. The highest BCUT2D eigenvalue weighted by atomic mass is 19.1. The molecule has 1 aromatic heterocycles. The number of hydrogen-bond donors (Lipinski definition) is 0. The SMILES string of the molecule is CCN(Cc1cccc(F)c1)C(=O)Cc1ccc(OCc2c(C)noc2C)cc1. The van der Waals surface area contributed by atoms with Crippen LogP contribution in [0.3, 0.4) is 0 Å². The third-order valence-electron chi connectivity index (χ3n) is 4.84. The Hall–Kier alpha value is -3.15. The summed E-state index contributed by atoms with van der Waals surface area (Å²) >= 11 is 0. The van der Waals surface area contributed by atoms with Gasteiger partial charge in [-0.05, 0) is 56.2 Å². The van der Waals surface area contributed by atoms with Crippen LogP contribution in [-0.2, 0) is 24.4 Å². The monoisotopic (exact) mass is 396 g/mol. The van der Waals surface area contributed by atoms with Gasteiger partial charge in [-0.1, -0.05) is 29.4 Å². The highest BCUT2D eigenvalue weighted by molar-refractivity contribution is 5.78. The average Bonchev–Trinajstić information content (AvgIpc) is 3.03. The zero-order valence-electron chi connectivity index (χ0n) is 16.9. The van der Waals surface area contributed by atoms with Gasteiger partial charge >= 0.3 is 0 Å². The third-order valence-corrected chi connectivity index (χ3v) is 4.84. The Bertz CT molecular complexity index is 947. The van der Waals surface area contributed by atoms with Crippen LogP contribution in [0.2, 0.25) is 0 Å². The van der Waals surface area contributed by atoms with Crippen LogP contribution in [0.15, 0.2) is 53.1 Å². The second kappa shape index (κ2) is 9.37. The Kier molecular flexibility index (Phi) is 6.65. The number of ether oxygens (including phenoxy) is 1. The van der Waals surface area contributed by atoms with E-state index in [1.807, 2.05) is 51.1 Å². The molecule has 0 N–H and O–H groups in total. The van der Waals surface area contributed by atoms with Crippen molar-refractivity contribution in [1.29, 1.82) is 0 Å². The number of aromatic nitrogens is 1. The Balaban J connectivity index is 1.57. The maximum Gasteiger partial charge on any atom is 0.227 e. The average molecular weight is 396 g/mol. The van der Waals surface area contributed by atoms with Crippen molar-refractivity contribution >= 4 is 5.91 Å². The van der Waals surface area contributed by atoms with E-state index in [0.29, 0.717) is 25.4 Å². The third kappa shape index (κ3) is 5.44. The number of aryl methyl sites for hydroxylation is 2. The van der Waals surface area contributed by atoms with Crippen LogP contribution in [0.1, 0.15) is 35.1 Å². The van der Waals surface area contributed by atoms with Gasteiger partial charge in [-0.2, -0.15) is 0 Å². The molecule has 3 aromatic rings. The molecule has 1 heterocycles. The molecule has 0 spiro atoms. The number of hydrogen-bond acceptors (Lipinski definition) is 4. The van der Waals surface area contributed by atoms with Gasteiger partial charge in [0.2, 0.25) is 5.91 Å². The van der Waals surface area contributed by atoms with E-state index in [0.717, 1.165) is 28.1 Å². The molecule has 0 fully saturated rings. The lowest BCUT2D eigenvalue weighted by atomic mass is 10.1. The summed E-state index contributed by atoms with van der Waals surface area (Å²) in [6, 6.07) is 13.8. The summed E-state index contributed by atoms with van der Waals surface area (Å²) in [7, 11) is 0. The Morgan fingerprint density at radius 3 is 2.52 bits per heavy atom. The van der Waals surface area contributed by atoms with Crippen LogP contribution < -0.4 is 4.74 Å². The van der Waals surface area contributed by atoms with Crippen LogP contribution in [0.5, 0.6) is 5.75 Å². The van der Waals surface area contributed by atoms with E-state index >= 15 is 0 Å². The van der Waals surface area contributed by atoms with Crippen molar-refractivity contribution < 1.29 is 18.4 Å². The lowest BCUT2D eigenvalue weighted by molar-refractivity contribution is -0.130. The standard InChI is InChI=1S/C23H25FN2O3/c1-4-26(14-19-6-5-7-20(24)12-19)23(27)13-18-8-10-21(11-9-18)28-15-22-16(2)25-29-17(22)3/h5-12H,4,13-15H2,1-3H3. The first-order valence-corrected chi connectivity index (χ1v) is 9.62. The van der Waals surface area contributed by atoms with Crippen molar-refractivity contribution in [1.82, 2.24) is 10.1 Å². The second-order valence-corrected chi connectivity index (χ2v) is 6.95. The molecule has 5 nitrogen and oxygen atoms in total. The minimum Gasteiger partial charge on any atom is -0.489 e. The van der Waals surface area contributed by atoms with Gasteiger partial charge in [0.1, 0.15) is 23.9 Å². The predicted octanol–water partition coefficient (Wildman–Crippen LogP) is 4.60. The molecule has 0 atom stereocenters. The molecular weight excluding hydrogens is 371 g/mol. The summed E-state index contributed by atoms with van der Waals surface area (Å²) in [6.45, 7) is 7.00. The molecule has 2 aromatic carbocycles. The van der Waals surface area contributed by atoms with Crippen LogP contribution in [0.4, 0.5) is 4.39 Å². The van der Waals surface area contributed by atoms with Gasteiger partial charge in [0.05, 0.1) is 17.7 Å². The lowest BCUT2D eigenvalue weighted by Crippen LogP contribution is -2.31. The molecule has 0 aliphatic carbocycles. The first kappa shape index (κ1) is 20.6. The van der Waals surface area contributed by atoms with Crippen molar-refractivity contribution in [3.05, 3.63) is 82.5 Å². The van der Waals surface area contributed by atoms with Crippen molar-refractivity contribution in [3.63, 3.8) is 0 Å². The molecular formula is C23H25FN2O3. The van der Waals surface area contributed by atoms with Crippen molar-refractivity contribution in [2.24, 2.45) is 0 Å². The van der Waals surface area contributed by atoms with Gasteiger partial charge in [-0.3, -0.25) is 4.79 Å². The molecule has 0 saturated heterocycles. The Morgan fingerprint density at radius 1 is 1.14 bits per heavy atom. The predicted molar refractivity (Wildman–Crippen MR) is 108 cm³/mol. The zero-order chi connectivity index (χ0) is 20.8. The minimum absolute atomic E-state index is 0.00107. The van der Waals surface area contributed by atoms with Gasteiger partial charge < -0.3 is 14.2 Å². The normalized spacial score (nSPS) is 10.8. The van der Waals surface area contributed by atoms with Crippen LogP contribution in [-0.4, -0.2) is 22.5 Å². The second-order valence-electron chi connectivity index (χ2n) is 6.95. The van der Waals surface area contributed by atoms with E-state index in [-0.39, 0.29) is 18.1 Å². The summed E-state index contributed by atoms with van der Waals surface area (Å²) in [5.41, 5.74) is 3.45. The smallest absolute Gasteiger partial charge is 0.227 e. The number of carbonyl (C=O) groups excluding carboxylic acids is 1. The fourth-order valence-electron chi connectivity index (χ4n) is 3.09. The van der Waals surface area contributed by atoms with Gasteiger partial charge in [0.25, 0.3) is 0 Å². The Labute approximate surface area is 170 Å². The van der Waals surface area contributed by atoms with E-state index in [4.69, 9.17) is 9.26 Å². The number of likely N-dealkylation sites (N-methyl/N-ethyl adjacent to an activating group) is 1. The fraction of sp³-hybridized carbons (Fsp3) is 0.304. The maximum absolute atomic E-state index is 13.4. The number of amides is 1. The molecule has 1 amide bonds. The van der Waals surface area contributed by atoms with Gasteiger partial charge in [0, 0.05) is 13.1 Å². The van der Waals surface area contributed by atoms with Crippen molar-refractivity contribution in [3.8, 4) is 5.75 Å². The molecule has 0 unspecified atom stereocenters. The van der Waals surface area contributed by atoms with Crippen LogP contribution in [0.25, 0.3) is 0 Å². The first-order valence-electron chi connectivity index (χ1n) is 9.62. The summed E-state index contributed by atoms with van der Waals surface area (Å²) in [6.07, 6.45) is 0.285. The minimum atomic E-state index is -0.293. The molecule has 0 aliphatic rings. The summed E-state index contributed by atoms with van der Waals surface area (Å²) in [5.74, 6) is 1.18. The number of halogens is 1. The van der Waals surface area contributed by atoms with Gasteiger partial charge in [-0.15, -0.1) is 0 Å². The van der Waals surface area contributed by atoms with Crippen LogP contribution >= 0.6 is 0 Å².